The minimum Gasteiger partial charge on any atom is -0.480 e. The predicted octanol–water partition coefficient (Wildman–Crippen LogP) is 1.37. The van der Waals surface area contributed by atoms with Crippen LogP contribution in [-0.2, 0) is 11.3 Å². The zero-order valence-corrected chi connectivity index (χ0v) is 11.9. The Morgan fingerprint density at radius 3 is 3.05 bits per heavy atom. The molecule has 1 fully saturated rings. The normalized spacial score (nSPS) is 18.5. The van der Waals surface area contributed by atoms with E-state index in [1.807, 2.05) is 11.8 Å². The number of aliphatic carboxylic acids is 1. The highest BCUT2D eigenvalue weighted by atomic mass is 32.2. The Hall–Kier alpha value is -1.70. The molecule has 1 aromatic rings. The summed E-state index contributed by atoms with van der Waals surface area (Å²) in [6, 6.07) is -0.286. The smallest absolute Gasteiger partial charge is 0.325 e. The number of carboxylic acid groups (broad SMARTS) is 1. The lowest BCUT2D eigenvalue weighted by molar-refractivity contribution is -0.137. The number of carboxylic acids is 1. The number of nitrogens with one attached hydrogen (secondary N) is 2. The van der Waals surface area contributed by atoms with Gasteiger partial charge in [-0.1, -0.05) is 6.42 Å². The molecule has 1 unspecified atom stereocenters. The summed E-state index contributed by atoms with van der Waals surface area (Å²) in [7, 11) is 0. The topological polar surface area (TPSA) is 96.2 Å². The Morgan fingerprint density at radius 2 is 2.35 bits per heavy atom. The minimum atomic E-state index is -0.974. The van der Waals surface area contributed by atoms with E-state index in [0.717, 1.165) is 12.2 Å². The zero-order chi connectivity index (χ0) is 14.4. The van der Waals surface area contributed by atoms with Crippen molar-refractivity contribution in [3.63, 3.8) is 0 Å². The summed E-state index contributed by atoms with van der Waals surface area (Å²) in [6.45, 7) is 0.432. The van der Waals surface area contributed by atoms with Gasteiger partial charge in [0.15, 0.2) is 0 Å². The van der Waals surface area contributed by atoms with Gasteiger partial charge in [0, 0.05) is 18.0 Å². The number of carbonyl (C=O) groups excluding carboxylic acids is 1. The van der Waals surface area contributed by atoms with Crippen molar-refractivity contribution in [2.75, 3.05) is 17.6 Å². The molecule has 0 spiro atoms. The van der Waals surface area contributed by atoms with Gasteiger partial charge in [0.2, 0.25) is 0 Å². The molecule has 8 heteroatoms. The van der Waals surface area contributed by atoms with Gasteiger partial charge in [0.05, 0.1) is 11.9 Å². The van der Waals surface area contributed by atoms with Crippen molar-refractivity contribution in [2.45, 2.75) is 31.1 Å². The van der Waals surface area contributed by atoms with Gasteiger partial charge in [-0.3, -0.25) is 9.48 Å². The molecule has 2 heterocycles. The molecule has 1 aliphatic heterocycles. The second-order valence-corrected chi connectivity index (χ2v) is 6.05. The van der Waals surface area contributed by atoms with Gasteiger partial charge in [-0.15, -0.1) is 0 Å². The standard InChI is InChI=1S/C12H18N4O3S/c17-11(18)8-16-7-9(5-14-16)15-12(19)13-6-10-3-1-2-4-20-10/h5,7,10H,1-4,6,8H2,(H,17,18)(H2,13,15,19). The molecule has 1 saturated heterocycles. The van der Waals surface area contributed by atoms with Gasteiger partial charge in [-0.25, -0.2) is 4.79 Å². The zero-order valence-electron chi connectivity index (χ0n) is 11.0. The van der Waals surface area contributed by atoms with Gasteiger partial charge in [0.1, 0.15) is 6.54 Å². The molecule has 2 amide bonds. The van der Waals surface area contributed by atoms with Crippen LogP contribution in [0.5, 0.6) is 0 Å². The maximum absolute atomic E-state index is 11.7. The van der Waals surface area contributed by atoms with Gasteiger partial charge in [-0.05, 0) is 18.6 Å². The number of aromatic nitrogens is 2. The van der Waals surface area contributed by atoms with E-state index in [4.69, 9.17) is 5.11 Å². The maximum atomic E-state index is 11.7. The number of hydrogen-bond acceptors (Lipinski definition) is 4. The van der Waals surface area contributed by atoms with Crippen molar-refractivity contribution in [3.05, 3.63) is 12.4 Å². The van der Waals surface area contributed by atoms with E-state index in [-0.39, 0.29) is 12.6 Å². The summed E-state index contributed by atoms with van der Waals surface area (Å²) < 4.78 is 1.26. The molecule has 2 rings (SSSR count). The molecule has 20 heavy (non-hydrogen) atoms. The minimum absolute atomic E-state index is 0.220. The first-order valence-corrected chi connectivity index (χ1v) is 7.59. The van der Waals surface area contributed by atoms with E-state index in [1.165, 1.54) is 29.9 Å². The summed E-state index contributed by atoms with van der Waals surface area (Å²) >= 11 is 1.90. The largest absolute Gasteiger partial charge is 0.480 e. The molecule has 3 N–H and O–H groups in total. The fraction of sp³-hybridized carbons (Fsp3) is 0.583. The molecule has 1 aromatic heterocycles. The first kappa shape index (κ1) is 14.7. The summed E-state index contributed by atoms with van der Waals surface area (Å²) in [5.74, 6) is 0.189. The van der Waals surface area contributed by atoms with Gasteiger partial charge >= 0.3 is 12.0 Å². The third-order valence-corrected chi connectivity index (χ3v) is 4.35. The van der Waals surface area contributed by atoms with E-state index >= 15 is 0 Å². The van der Waals surface area contributed by atoms with Crippen LogP contribution in [0.4, 0.5) is 10.5 Å². The van der Waals surface area contributed by atoms with Gasteiger partial charge in [-0.2, -0.15) is 16.9 Å². The van der Waals surface area contributed by atoms with Gasteiger partial charge < -0.3 is 15.7 Å². The van der Waals surface area contributed by atoms with E-state index in [1.54, 1.807) is 0 Å². The van der Waals surface area contributed by atoms with E-state index in [2.05, 4.69) is 15.7 Å². The molecule has 1 aliphatic rings. The molecule has 1 atom stereocenters. The summed E-state index contributed by atoms with van der Waals surface area (Å²) in [4.78, 5) is 22.2. The number of anilines is 1. The number of thioether (sulfide) groups is 1. The van der Waals surface area contributed by atoms with Crippen LogP contribution in [0, 0.1) is 0 Å². The Bertz CT molecular complexity index is 471. The lowest BCUT2D eigenvalue weighted by atomic mass is 10.2. The van der Waals surface area contributed by atoms with Crippen LogP contribution < -0.4 is 10.6 Å². The Kier molecular flexibility index (Phi) is 5.28. The van der Waals surface area contributed by atoms with Crippen molar-refractivity contribution in [1.82, 2.24) is 15.1 Å². The van der Waals surface area contributed by atoms with Crippen LogP contribution >= 0.6 is 11.8 Å². The third-order valence-electron chi connectivity index (χ3n) is 2.95. The third kappa shape index (κ3) is 4.76. The Balaban J connectivity index is 1.73. The maximum Gasteiger partial charge on any atom is 0.325 e. The van der Waals surface area contributed by atoms with Crippen LogP contribution in [0.3, 0.4) is 0 Å². The highest BCUT2D eigenvalue weighted by Crippen LogP contribution is 2.24. The van der Waals surface area contributed by atoms with Crippen molar-refractivity contribution in [3.8, 4) is 0 Å². The average molecular weight is 298 g/mol. The predicted molar refractivity (Wildman–Crippen MR) is 77.0 cm³/mol. The average Bonchev–Trinajstić information content (AvgIpc) is 2.84. The summed E-state index contributed by atoms with van der Waals surface area (Å²) in [5, 5.41) is 18.4. The monoisotopic (exact) mass is 298 g/mol. The quantitative estimate of drug-likeness (QED) is 0.763. The number of urea groups is 1. The van der Waals surface area contributed by atoms with Crippen LogP contribution in [0.2, 0.25) is 0 Å². The Labute approximate surface area is 121 Å². The fourth-order valence-electron chi connectivity index (χ4n) is 2.00. The summed E-state index contributed by atoms with van der Waals surface area (Å²) in [6.07, 6.45) is 6.54. The molecule has 0 radical (unpaired) electrons. The molecule has 0 saturated carbocycles. The lowest BCUT2D eigenvalue weighted by Crippen LogP contribution is -2.34. The van der Waals surface area contributed by atoms with Crippen LogP contribution in [0.1, 0.15) is 19.3 Å². The van der Waals surface area contributed by atoms with E-state index in [9.17, 15) is 9.59 Å². The lowest BCUT2D eigenvalue weighted by Gasteiger charge is -2.21. The SMILES string of the molecule is O=C(O)Cn1cc(NC(=O)NCC2CCCCS2)cn1. The second kappa shape index (κ2) is 7.18. The molecule has 0 aromatic carbocycles. The molecule has 0 aliphatic carbocycles. The number of rotatable bonds is 5. The van der Waals surface area contributed by atoms with Gasteiger partial charge in [0.25, 0.3) is 0 Å². The number of nitrogens with zero attached hydrogens (tertiary/aromatic N) is 2. The molecular weight excluding hydrogens is 280 g/mol. The highest BCUT2D eigenvalue weighted by Gasteiger charge is 2.14. The molecule has 0 bridgehead atoms. The van der Waals surface area contributed by atoms with Crippen LogP contribution in [0.15, 0.2) is 12.4 Å². The number of hydrogen-bond donors (Lipinski definition) is 3. The first-order chi connectivity index (χ1) is 9.63. The summed E-state index contributed by atoms with van der Waals surface area (Å²) in [5.41, 5.74) is 0.486. The fourth-order valence-corrected chi connectivity index (χ4v) is 3.24. The first-order valence-electron chi connectivity index (χ1n) is 6.54. The van der Waals surface area contributed by atoms with Crippen LogP contribution in [0.25, 0.3) is 0 Å². The van der Waals surface area contributed by atoms with Crippen molar-refractivity contribution in [2.24, 2.45) is 0 Å². The molecule has 110 valence electrons. The second-order valence-electron chi connectivity index (χ2n) is 4.64. The van der Waals surface area contributed by atoms with E-state index in [0.29, 0.717) is 17.5 Å². The number of amides is 2. The highest BCUT2D eigenvalue weighted by molar-refractivity contribution is 7.99. The van der Waals surface area contributed by atoms with Crippen LogP contribution in [-0.4, -0.2) is 44.4 Å². The molecular formula is C12H18N4O3S. The van der Waals surface area contributed by atoms with Crippen molar-refractivity contribution < 1.29 is 14.7 Å². The van der Waals surface area contributed by atoms with Crippen molar-refractivity contribution >= 4 is 29.4 Å². The molecule has 7 nitrogen and oxygen atoms in total. The van der Waals surface area contributed by atoms with Crippen molar-refractivity contribution in [1.29, 1.82) is 0 Å². The van der Waals surface area contributed by atoms with E-state index < -0.39 is 5.97 Å². The number of carbonyl (C=O) groups is 2. The Morgan fingerprint density at radius 1 is 1.50 bits per heavy atom.